The summed E-state index contributed by atoms with van der Waals surface area (Å²) in [5, 5.41) is 3.05. The maximum absolute atomic E-state index is 12.6. The lowest BCUT2D eigenvalue weighted by atomic mass is 9.89. The Balaban J connectivity index is 2.24. The molecule has 0 spiro atoms. The number of methoxy groups -OCH3 is 1. The minimum absolute atomic E-state index is 0.219. The van der Waals surface area contributed by atoms with Crippen molar-refractivity contribution in [1.82, 2.24) is 10.3 Å². The molecule has 1 fully saturated rings. The van der Waals surface area contributed by atoms with Gasteiger partial charge in [-0.15, -0.1) is 0 Å². The number of thiocarbonyl (C=S) groups is 1. The Labute approximate surface area is 130 Å². The molecule has 0 unspecified atom stereocenters. The predicted molar refractivity (Wildman–Crippen MR) is 85.5 cm³/mol. The van der Waals surface area contributed by atoms with E-state index in [2.05, 4.69) is 10.3 Å². The van der Waals surface area contributed by atoms with Crippen LogP contribution in [0, 0.1) is 0 Å². The van der Waals surface area contributed by atoms with E-state index in [1.54, 1.807) is 12.3 Å². The van der Waals surface area contributed by atoms with Gasteiger partial charge in [-0.1, -0.05) is 37.9 Å². The van der Waals surface area contributed by atoms with Crippen molar-refractivity contribution in [2.75, 3.05) is 7.11 Å². The quantitative estimate of drug-likeness (QED) is 0.658. The Hall–Kier alpha value is -1.69. The molecule has 2 rings (SSSR count). The van der Waals surface area contributed by atoms with Crippen LogP contribution in [-0.2, 0) is 0 Å². The van der Waals surface area contributed by atoms with Crippen LogP contribution in [0.4, 0.5) is 0 Å². The van der Waals surface area contributed by atoms with E-state index in [0.717, 1.165) is 38.5 Å². The molecule has 6 heteroatoms. The lowest BCUT2D eigenvalue weighted by molar-refractivity contribution is 0.0914. The fourth-order valence-corrected chi connectivity index (χ4v) is 3.04. The second-order valence-corrected chi connectivity index (χ2v) is 5.83. The monoisotopic (exact) mass is 307 g/mol. The highest BCUT2D eigenvalue weighted by atomic mass is 32.1. The minimum Gasteiger partial charge on any atom is -0.494 e. The van der Waals surface area contributed by atoms with Crippen LogP contribution in [0.1, 0.15) is 48.9 Å². The lowest BCUT2D eigenvalue weighted by Crippen LogP contribution is -2.56. The molecule has 1 aliphatic carbocycles. The zero-order valence-corrected chi connectivity index (χ0v) is 13.0. The number of nitrogens with zero attached hydrogens (tertiary/aromatic N) is 1. The predicted octanol–water partition coefficient (Wildman–Crippen LogP) is 2.20. The first-order valence-corrected chi connectivity index (χ1v) is 7.60. The van der Waals surface area contributed by atoms with Crippen LogP contribution in [0.3, 0.4) is 0 Å². The van der Waals surface area contributed by atoms with Crippen molar-refractivity contribution in [2.45, 2.75) is 44.1 Å². The van der Waals surface area contributed by atoms with Gasteiger partial charge in [0.25, 0.3) is 5.91 Å². The highest BCUT2D eigenvalue weighted by molar-refractivity contribution is 7.80. The first-order valence-electron chi connectivity index (χ1n) is 7.19. The van der Waals surface area contributed by atoms with Crippen molar-refractivity contribution < 1.29 is 9.53 Å². The molecule has 1 saturated carbocycles. The van der Waals surface area contributed by atoms with Crippen molar-refractivity contribution in [3.05, 3.63) is 24.0 Å². The average molecular weight is 307 g/mol. The molecule has 0 bridgehead atoms. The van der Waals surface area contributed by atoms with E-state index in [0.29, 0.717) is 16.3 Å². The number of carbonyl (C=O) groups excluding carboxylic acids is 1. The van der Waals surface area contributed by atoms with Gasteiger partial charge in [-0.25, -0.2) is 0 Å². The van der Waals surface area contributed by atoms with E-state index in [1.807, 2.05) is 0 Å². The van der Waals surface area contributed by atoms with Crippen LogP contribution in [0.2, 0.25) is 0 Å². The number of nitrogens with two attached hydrogens (primary N) is 1. The molecule has 1 aromatic rings. The van der Waals surface area contributed by atoms with Crippen LogP contribution in [-0.4, -0.2) is 28.5 Å². The van der Waals surface area contributed by atoms with Gasteiger partial charge >= 0.3 is 0 Å². The summed E-state index contributed by atoms with van der Waals surface area (Å²) in [5.41, 5.74) is 5.81. The van der Waals surface area contributed by atoms with Crippen molar-refractivity contribution in [3.8, 4) is 5.75 Å². The summed E-state index contributed by atoms with van der Waals surface area (Å²) in [4.78, 5) is 16.9. The van der Waals surface area contributed by atoms with E-state index in [4.69, 9.17) is 22.7 Å². The molecule has 3 N–H and O–H groups in total. The first-order chi connectivity index (χ1) is 10.1. The summed E-state index contributed by atoms with van der Waals surface area (Å²) in [6.45, 7) is 0. The zero-order valence-electron chi connectivity index (χ0n) is 12.2. The van der Waals surface area contributed by atoms with E-state index in [1.165, 1.54) is 13.3 Å². The van der Waals surface area contributed by atoms with Gasteiger partial charge in [-0.2, -0.15) is 0 Å². The van der Waals surface area contributed by atoms with Crippen molar-refractivity contribution in [1.29, 1.82) is 0 Å². The fourth-order valence-electron chi connectivity index (χ4n) is 2.78. The highest BCUT2D eigenvalue weighted by Crippen LogP contribution is 2.28. The zero-order chi connectivity index (χ0) is 15.3. The molecule has 0 radical (unpaired) electrons. The smallest absolute Gasteiger partial charge is 0.255 e. The highest BCUT2D eigenvalue weighted by Gasteiger charge is 2.36. The number of hydrogen-bond acceptors (Lipinski definition) is 4. The van der Waals surface area contributed by atoms with Gasteiger partial charge < -0.3 is 15.8 Å². The summed E-state index contributed by atoms with van der Waals surface area (Å²) >= 11 is 5.24. The fraction of sp³-hybridized carbons (Fsp3) is 0.533. The van der Waals surface area contributed by atoms with E-state index in [-0.39, 0.29) is 5.91 Å². The van der Waals surface area contributed by atoms with Gasteiger partial charge in [0.15, 0.2) is 0 Å². The largest absolute Gasteiger partial charge is 0.494 e. The van der Waals surface area contributed by atoms with Gasteiger partial charge in [0.2, 0.25) is 0 Å². The Kier molecular flexibility index (Phi) is 5.12. The molecule has 1 heterocycles. The average Bonchev–Trinajstić information content (AvgIpc) is 2.73. The molecule has 0 saturated heterocycles. The molecule has 0 aromatic carbocycles. The van der Waals surface area contributed by atoms with E-state index >= 15 is 0 Å². The normalized spacial score (nSPS) is 17.6. The van der Waals surface area contributed by atoms with E-state index in [9.17, 15) is 4.79 Å². The number of aromatic nitrogens is 1. The molecular formula is C15H21N3O2S. The van der Waals surface area contributed by atoms with Gasteiger partial charge in [0.1, 0.15) is 5.75 Å². The van der Waals surface area contributed by atoms with Crippen LogP contribution < -0.4 is 15.8 Å². The molecule has 21 heavy (non-hydrogen) atoms. The van der Waals surface area contributed by atoms with Gasteiger partial charge in [0, 0.05) is 6.20 Å². The molecule has 114 valence electrons. The molecule has 0 aliphatic heterocycles. The molecular weight excluding hydrogens is 286 g/mol. The summed E-state index contributed by atoms with van der Waals surface area (Å²) in [5.74, 6) is 0.227. The SMILES string of the molecule is COc1cnccc1C(=O)NC1(C(N)=S)CCCCCC1. The third-order valence-electron chi connectivity index (χ3n) is 4.03. The lowest BCUT2D eigenvalue weighted by Gasteiger charge is -2.33. The van der Waals surface area contributed by atoms with E-state index < -0.39 is 5.54 Å². The number of nitrogens with one attached hydrogen (secondary N) is 1. The Morgan fingerprint density at radius 1 is 1.38 bits per heavy atom. The van der Waals surface area contributed by atoms with Crippen molar-refractivity contribution in [3.63, 3.8) is 0 Å². The summed E-state index contributed by atoms with van der Waals surface area (Å²) in [7, 11) is 1.52. The standard InChI is InChI=1S/C15H21N3O2S/c1-20-12-10-17-9-6-11(12)13(19)18-15(14(16)21)7-4-2-3-5-8-15/h6,9-10H,2-5,7-8H2,1H3,(H2,16,21)(H,18,19). The Morgan fingerprint density at radius 3 is 2.62 bits per heavy atom. The molecule has 1 aliphatic rings. The van der Waals surface area contributed by atoms with Gasteiger partial charge in [0.05, 0.1) is 29.4 Å². The summed E-state index contributed by atoms with van der Waals surface area (Å²) in [6, 6.07) is 1.64. The topological polar surface area (TPSA) is 77.2 Å². The Bertz CT molecular complexity index is 525. The third kappa shape index (κ3) is 3.50. The number of hydrogen-bond donors (Lipinski definition) is 2. The summed E-state index contributed by atoms with van der Waals surface area (Å²) in [6.07, 6.45) is 9.02. The minimum atomic E-state index is -0.586. The van der Waals surface area contributed by atoms with Crippen LogP contribution in [0.25, 0.3) is 0 Å². The van der Waals surface area contributed by atoms with Crippen molar-refractivity contribution >= 4 is 23.1 Å². The number of ether oxygens (including phenoxy) is 1. The number of rotatable bonds is 4. The molecule has 1 amide bonds. The van der Waals surface area contributed by atoms with Crippen molar-refractivity contribution in [2.24, 2.45) is 5.73 Å². The summed E-state index contributed by atoms with van der Waals surface area (Å²) < 4.78 is 5.19. The number of pyridine rings is 1. The maximum Gasteiger partial charge on any atom is 0.255 e. The Morgan fingerprint density at radius 2 is 2.05 bits per heavy atom. The second-order valence-electron chi connectivity index (χ2n) is 5.39. The number of carbonyl (C=O) groups is 1. The van der Waals surface area contributed by atoms with Crippen LogP contribution in [0.15, 0.2) is 18.5 Å². The van der Waals surface area contributed by atoms with Gasteiger partial charge in [-0.3, -0.25) is 9.78 Å². The maximum atomic E-state index is 12.6. The first kappa shape index (κ1) is 15.7. The molecule has 1 aromatic heterocycles. The van der Waals surface area contributed by atoms with Crippen LogP contribution >= 0.6 is 12.2 Å². The third-order valence-corrected chi connectivity index (χ3v) is 4.42. The van der Waals surface area contributed by atoms with Gasteiger partial charge in [-0.05, 0) is 18.9 Å². The van der Waals surface area contributed by atoms with Crippen LogP contribution in [0.5, 0.6) is 5.75 Å². The molecule has 5 nitrogen and oxygen atoms in total. The number of amides is 1. The molecule has 0 atom stereocenters. The second kappa shape index (κ2) is 6.85.